The van der Waals surface area contributed by atoms with Crippen molar-refractivity contribution in [3.05, 3.63) is 29.8 Å². The van der Waals surface area contributed by atoms with Crippen molar-refractivity contribution < 1.29 is 52.3 Å². The molecule has 0 unspecified atom stereocenters. The highest BCUT2D eigenvalue weighted by molar-refractivity contribution is 5.77. The van der Waals surface area contributed by atoms with Crippen molar-refractivity contribution in [3.63, 3.8) is 0 Å². The van der Waals surface area contributed by atoms with E-state index in [4.69, 9.17) is 33.2 Å². The molecule has 0 amide bonds. The van der Waals surface area contributed by atoms with E-state index >= 15 is 0 Å². The van der Waals surface area contributed by atoms with E-state index in [-0.39, 0.29) is 50.8 Å². The zero-order valence-corrected chi connectivity index (χ0v) is 35.8. The molecule has 1 saturated heterocycles. The molecule has 0 N–H and O–H groups in total. The Morgan fingerprint density at radius 1 is 0.625 bits per heavy atom. The lowest BCUT2D eigenvalue weighted by Gasteiger charge is -2.38. The van der Waals surface area contributed by atoms with Crippen molar-refractivity contribution in [2.45, 2.75) is 92.0 Å². The number of methoxy groups -OCH3 is 1. The van der Waals surface area contributed by atoms with Gasteiger partial charge in [-0.25, -0.2) is 0 Å². The number of nitrogens with zero attached hydrogens (tertiary/aromatic N) is 4. The first-order valence-corrected chi connectivity index (χ1v) is 20.0. The summed E-state index contributed by atoms with van der Waals surface area (Å²) in [6.45, 7) is 21.7. The highest BCUT2D eigenvalue weighted by atomic mass is 16.6. The van der Waals surface area contributed by atoms with Crippen LogP contribution in [0.25, 0.3) is 0 Å². The Morgan fingerprint density at radius 3 is 1.48 bits per heavy atom. The van der Waals surface area contributed by atoms with Gasteiger partial charge in [-0.1, -0.05) is 12.1 Å². The summed E-state index contributed by atoms with van der Waals surface area (Å²) in [5, 5.41) is 0. The van der Waals surface area contributed by atoms with Crippen molar-refractivity contribution in [1.82, 2.24) is 19.6 Å². The van der Waals surface area contributed by atoms with Gasteiger partial charge in [0.15, 0.2) is 0 Å². The molecule has 0 aliphatic carbocycles. The molecule has 1 heterocycles. The molecular weight excluding hydrogens is 724 g/mol. The third kappa shape index (κ3) is 19.7. The predicted octanol–water partition coefficient (Wildman–Crippen LogP) is 3.06. The van der Waals surface area contributed by atoms with Crippen LogP contribution < -0.4 is 4.74 Å². The maximum Gasteiger partial charge on any atom is 0.325 e. The third-order valence-electron chi connectivity index (χ3n) is 8.74. The first kappa shape index (κ1) is 48.8. The number of carbonyl (C=O) groups excluding carboxylic acids is 4. The van der Waals surface area contributed by atoms with Gasteiger partial charge in [-0.2, -0.15) is 0 Å². The van der Waals surface area contributed by atoms with Gasteiger partial charge in [0, 0.05) is 66.1 Å². The molecular formula is C41H70N4O11. The van der Waals surface area contributed by atoms with Crippen molar-refractivity contribution in [2.75, 3.05) is 112 Å². The highest BCUT2D eigenvalue weighted by Gasteiger charge is 2.33. The SMILES string of the molecule is CCOCCOc1ccc(C[C@H](C(=O)OCC)N2CCN(CC(=O)OC(C)(C)C)CCN([C@@H](COC)C(=O)OCC)CCN(CC(=O)OC(C)(C)C)CC2)cc1. The van der Waals surface area contributed by atoms with Crippen LogP contribution in [0.15, 0.2) is 24.3 Å². The first-order valence-electron chi connectivity index (χ1n) is 20.0. The predicted molar refractivity (Wildman–Crippen MR) is 213 cm³/mol. The van der Waals surface area contributed by atoms with Crippen LogP contribution in [0.5, 0.6) is 5.75 Å². The molecule has 0 aromatic heterocycles. The fourth-order valence-electron chi connectivity index (χ4n) is 6.21. The van der Waals surface area contributed by atoms with Crippen molar-refractivity contribution in [3.8, 4) is 5.75 Å². The van der Waals surface area contributed by atoms with Crippen LogP contribution in [0, 0.1) is 0 Å². The summed E-state index contributed by atoms with van der Waals surface area (Å²) < 4.78 is 39.2. The molecule has 320 valence electrons. The molecule has 15 nitrogen and oxygen atoms in total. The topological polar surface area (TPSA) is 146 Å². The van der Waals surface area contributed by atoms with E-state index in [0.29, 0.717) is 84.3 Å². The summed E-state index contributed by atoms with van der Waals surface area (Å²) >= 11 is 0. The maximum absolute atomic E-state index is 13.8. The van der Waals surface area contributed by atoms with Crippen LogP contribution in [0.3, 0.4) is 0 Å². The van der Waals surface area contributed by atoms with Crippen LogP contribution in [-0.2, 0) is 54.0 Å². The number of rotatable bonds is 19. The Morgan fingerprint density at radius 2 is 1.07 bits per heavy atom. The average Bonchev–Trinajstić information content (AvgIpc) is 3.10. The quantitative estimate of drug-likeness (QED) is 0.115. The minimum atomic E-state index is -0.708. The Balaban J connectivity index is 2.52. The van der Waals surface area contributed by atoms with Gasteiger partial charge in [0.1, 0.15) is 35.6 Å². The summed E-state index contributed by atoms with van der Waals surface area (Å²) in [6, 6.07) is 6.27. The summed E-state index contributed by atoms with van der Waals surface area (Å²) in [5.74, 6) is -0.830. The second-order valence-electron chi connectivity index (χ2n) is 15.7. The van der Waals surface area contributed by atoms with Gasteiger partial charge in [0.2, 0.25) is 0 Å². The van der Waals surface area contributed by atoms with Crippen LogP contribution in [-0.4, -0.2) is 179 Å². The minimum Gasteiger partial charge on any atom is -0.491 e. The fourth-order valence-corrected chi connectivity index (χ4v) is 6.21. The van der Waals surface area contributed by atoms with Crippen LogP contribution in [0.4, 0.5) is 0 Å². The highest BCUT2D eigenvalue weighted by Crippen LogP contribution is 2.18. The molecule has 2 rings (SSSR count). The van der Waals surface area contributed by atoms with Gasteiger partial charge in [0.25, 0.3) is 0 Å². The van der Waals surface area contributed by atoms with Gasteiger partial charge in [-0.15, -0.1) is 0 Å². The summed E-state index contributed by atoms with van der Waals surface area (Å²) in [7, 11) is 1.53. The summed E-state index contributed by atoms with van der Waals surface area (Å²) in [4.78, 5) is 61.4. The molecule has 1 aromatic rings. The van der Waals surface area contributed by atoms with Gasteiger partial charge in [-0.3, -0.25) is 38.8 Å². The molecule has 1 aliphatic rings. The lowest BCUT2D eigenvalue weighted by molar-refractivity contribution is -0.158. The maximum atomic E-state index is 13.8. The Hall–Kier alpha value is -3.34. The lowest BCUT2D eigenvalue weighted by atomic mass is 10.0. The summed E-state index contributed by atoms with van der Waals surface area (Å²) in [6.07, 6.45) is 0.363. The zero-order chi connectivity index (χ0) is 41.7. The third-order valence-corrected chi connectivity index (χ3v) is 8.74. The Kier molecular flexibility index (Phi) is 21.9. The van der Waals surface area contributed by atoms with E-state index < -0.39 is 29.3 Å². The van der Waals surface area contributed by atoms with E-state index in [1.807, 2.05) is 87.4 Å². The van der Waals surface area contributed by atoms with E-state index in [9.17, 15) is 19.2 Å². The molecule has 0 spiro atoms. The standard InChI is InChI=1S/C41H70N4O11/c1-11-51-26-27-54-33-16-14-32(15-17-33)28-34(38(48)52-12-2)44-22-18-42(29-36(46)55-40(4,5)6)20-24-45(35(31-50-10)39(49)53-13-3)25-21-43(19-23-44)30-37(47)56-41(7,8)9/h14-17,34-35H,11-13,18-31H2,1-10H3/t34-,35+/m1/s1. The smallest absolute Gasteiger partial charge is 0.325 e. The number of ether oxygens (including phenoxy) is 7. The number of carbonyl (C=O) groups is 4. The van der Waals surface area contributed by atoms with Gasteiger partial charge < -0.3 is 33.2 Å². The van der Waals surface area contributed by atoms with Crippen molar-refractivity contribution >= 4 is 23.9 Å². The summed E-state index contributed by atoms with van der Waals surface area (Å²) in [5.41, 5.74) is -0.432. The van der Waals surface area contributed by atoms with Gasteiger partial charge >= 0.3 is 23.9 Å². The Labute approximate surface area is 335 Å². The van der Waals surface area contributed by atoms with Crippen molar-refractivity contribution in [1.29, 1.82) is 0 Å². The molecule has 1 aromatic carbocycles. The first-order chi connectivity index (χ1) is 26.5. The van der Waals surface area contributed by atoms with Crippen LogP contribution in [0.2, 0.25) is 0 Å². The second-order valence-corrected chi connectivity index (χ2v) is 15.7. The Bertz CT molecular complexity index is 1270. The number of hydrogen-bond donors (Lipinski definition) is 0. The molecule has 0 radical (unpaired) electrons. The van der Waals surface area contributed by atoms with Crippen LogP contribution in [0.1, 0.15) is 67.9 Å². The number of hydrogen-bond acceptors (Lipinski definition) is 15. The molecule has 2 atom stereocenters. The fraction of sp³-hybridized carbons (Fsp3) is 0.756. The molecule has 1 aliphatic heterocycles. The lowest BCUT2D eigenvalue weighted by Crippen LogP contribution is -2.55. The number of benzene rings is 1. The molecule has 1 fully saturated rings. The second kappa shape index (κ2) is 25.1. The molecule has 0 saturated carbocycles. The van der Waals surface area contributed by atoms with E-state index in [2.05, 4.69) is 4.90 Å². The van der Waals surface area contributed by atoms with Gasteiger partial charge in [0.05, 0.1) is 39.5 Å². The average molecular weight is 795 g/mol. The normalized spacial score (nSPS) is 17.2. The minimum absolute atomic E-state index is 0.00685. The van der Waals surface area contributed by atoms with E-state index in [0.717, 1.165) is 5.56 Å². The number of esters is 4. The van der Waals surface area contributed by atoms with E-state index in [1.54, 1.807) is 13.8 Å². The van der Waals surface area contributed by atoms with Crippen LogP contribution >= 0.6 is 0 Å². The van der Waals surface area contributed by atoms with Gasteiger partial charge in [-0.05, 0) is 86.4 Å². The van der Waals surface area contributed by atoms with Crippen molar-refractivity contribution in [2.24, 2.45) is 0 Å². The largest absolute Gasteiger partial charge is 0.491 e. The molecule has 0 bridgehead atoms. The zero-order valence-electron chi connectivity index (χ0n) is 35.8. The molecule has 15 heteroatoms. The molecule has 56 heavy (non-hydrogen) atoms. The monoisotopic (exact) mass is 795 g/mol. The van der Waals surface area contributed by atoms with E-state index in [1.165, 1.54) is 7.11 Å².